The summed E-state index contributed by atoms with van der Waals surface area (Å²) in [5.41, 5.74) is 0. The van der Waals surface area contributed by atoms with Crippen LogP contribution in [-0.2, 0) is 30.0 Å². The van der Waals surface area contributed by atoms with Crippen LogP contribution in [-0.4, -0.2) is 71.1 Å². The van der Waals surface area contributed by atoms with Gasteiger partial charge in [-0.2, -0.15) is 0 Å². The van der Waals surface area contributed by atoms with Crippen molar-refractivity contribution in [1.29, 1.82) is 0 Å². The molecule has 1 unspecified atom stereocenters. The van der Waals surface area contributed by atoms with Gasteiger partial charge in [0.15, 0.2) is 0 Å². The summed E-state index contributed by atoms with van der Waals surface area (Å²) in [7, 11) is -11.7. The average Bonchev–Trinajstić information content (AvgIpc) is 2.09. The molecule has 0 aromatic carbocycles. The first-order chi connectivity index (χ1) is 8.31. The Hall–Kier alpha value is 1.37. The van der Waals surface area contributed by atoms with Crippen LogP contribution in [0.15, 0.2) is 0 Å². The van der Waals surface area contributed by atoms with Gasteiger partial charge >= 0.3 is 51.4 Å². The monoisotopic (exact) mass is 377 g/mol. The van der Waals surface area contributed by atoms with Gasteiger partial charge in [-0.15, -0.1) is 0 Å². The van der Waals surface area contributed by atoms with Gasteiger partial charge in [-0.25, -0.2) is 30.0 Å². The van der Waals surface area contributed by atoms with Crippen LogP contribution in [0.2, 0.25) is 0 Å². The minimum atomic E-state index is -4.64. The molecule has 2 N–H and O–H groups in total. The number of hydrogen-bond acceptors (Lipinski definition) is 8. The van der Waals surface area contributed by atoms with E-state index in [4.69, 9.17) is 5.11 Å². The molecular weight excluding hydrogens is 361 g/mol. The summed E-state index contributed by atoms with van der Waals surface area (Å²) in [6.07, 6.45) is -0.799. The van der Waals surface area contributed by atoms with Crippen LogP contribution in [0.1, 0.15) is 6.42 Å². The third-order valence-corrected chi connectivity index (χ3v) is 5.12. The van der Waals surface area contributed by atoms with Crippen LogP contribution < -0.4 is 56.1 Å². The molecule has 0 aromatic heterocycles. The molecule has 0 spiro atoms. The summed E-state index contributed by atoms with van der Waals surface area (Å²) >= 11 is 0. The Morgan fingerprint density at radius 1 is 1.10 bits per heavy atom. The average molecular weight is 378 g/mol. The molecule has 0 saturated heterocycles. The number of sulfonamides is 1. The van der Waals surface area contributed by atoms with Crippen LogP contribution in [0, 0.1) is 0 Å². The predicted molar refractivity (Wildman–Crippen MR) is 66.7 cm³/mol. The molecule has 13 heteroatoms. The van der Waals surface area contributed by atoms with E-state index < -0.39 is 54.1 Å². The number of sulfone groups is 1. The van der Waals surface area contributed by atoms with Gasteiger partial charge in [-0.1, -0.05) is 0 Å². The zero-order valence-corrected chi connectivity index (χ0v) is 16.7. The summed E-state index contributed by atoms with van der Waals surface area (Å²) in [4.78, 5) is 0. The van der Waals surface area contributed by atoms with Gasteiger partial charge in [0.2, 0.25) is 10.0 Å². The molecule has 0 aromatic rings. The van der Waals surface area contributed by atoms with E-state index in [1.165, 1.54) is 0 Å². The molecule has 1 atom stereocenters. The first kappa shape index (κ1) is 23.6. The van der Waals surface area contributed by atoms with Gasteiger partial charge in [0.25, 0.3) is 0 Å². The summed E-state index contributed by atoms with van der Waals surface area (Å²) in [6, 6.07) is 0. The second kappa shape index (κ2) is 9.49. The third kappa shape index (κ3) is 15.7. The quantitative estimate of drug-likeness (QED) is 0.297. The number of aliphatic hydroxyl groups excluding tert-OH is 1. The number of rotatable bonds is 9. The normalized spacial score (nSPS) is 14.6. The van der Waals surface area contributed by atoms with Crippen molar-refractivity contribution in [3.63, 3.8) is 0 Å². The summed E-state index contributed by atoms with van der Waals surface area (Å²) in [5, 5.41) is 9.10. The van der Waals surface area contributed by atoms with Crippen LogP contribution in [0.3, 0.4) is 0 Å². The molecule has 116 valence electrons. The summed E-state index contributed by atoms with van der Waals surface area (Å²) in [5.74, 6) is -1.87. The maximum atomic E-state index is 11.3. The number of hydrogen-bond donors (Lipinski definition) is 2. The largest absolute Gasteiger partial charge is 1.00 e. The standard InChI is InChI=1S/C7H17NO8S3.K/c1-17(10,11)3-2-4-18(12,13)8-5-7(9)6-19(14,15)16;/h7-9H,2-6H2,1H3,(H,14,15,16);/q;+1/p-1. The van der Waals surface area contributed by atoms with E-state index in [2.05, 4.69) is 0 Å². The molecular formula is C7H16KNO8S3. The second-order valence-corrected chi connectivity index (χ2v) is 9.66. The van der Waals surface area contributed by atoms with E-state index in [1.54, 1.807) is 0 Å². The summed E-state index contributed by atoms with van der Waals surface area (Å²) in [6.45, 7) is -0.622. The minimum absolute atomic E-state index is 0. The maximum Gasteiger partial charge on any atom is 1.00 e. The van der Waals surface area contributed by atoms with Crippen molar-refractivity contribution in [1.82, 2.24) is 4.72 Å². The van der Waals surface area contributed by atoms with Crippen molar-refractivity contribution < 1.29 is 86.3 Å². The van der Waals surface area contributed by atoms with Crippen LogP contribution in [0.5, 0.6) is 0 Å². The van der Waals surface area contributed by atoms with Gasteiger partial charge in [0.05, 0.1) is 33.5 Å². The molecule has 0 amide bonds. The summed E-state index contributed by atoms with van der Waals surface area (Å²) < 4.78 is 77.0. The van der Waals surface area contributed by atoms with Crippen LogP contribution in [0.4, 0.5) is 0 Å². The van der Waals surface area contributed by atoms with Crippen molar-refractivity contribution in [2.75, 3.05) is 30.1 Å². The van der Waals surface area contributed by atoms with Crippen LogP contribution in [0.25, 0.3) is 0 Å². The Morgan fingerprint density at radius 2 is 1.60 bits per heavy atom. The molecule has 0 aliphatic rings. The Bertz CT molecular complexity index is 582. The molecule has 0 fully saturated rings. The Labute approximate surface area is 161 Å². The van der Waals surface area contributed by atoms with Crippen molar-refractivity contribution in [2.45, 2.75) is 12.5 Å². The van der Waals surface area contributed by atoms with E-state index >= 15 is 0 Å². The number of aliphatic hydroxyl groups is 1. The topological polar surface area (TPSA) is 158 Å². The van der Waals surface area contributed by atoms with Gasteiger partial charge in [0, 0.05) is 12.8 Å². The number of nitrogens with one attached hydrogen (secondary N) is 1. The van der Waals surface area contributed by atoms with Gasteiger partial charge < -0.3 is 9.66 Å². The Balaban J connectivity index is 0. The molecule has 0 aliphatic carbocycles. The molecule has 0 rings (SSSR count). The maximum absolute atomic E-state index is 11.3. The second-order valence-electron chi connectivity index (χ2n) is 4.03. The fraction of sp³-hybridized carbons (Fsp3) is 1.00. The van der Waals surface area contributed by atoms with E-state index in [0.29, 0.717) is 0 Å². The zero-order chi connectivity index (χ0) is 15.3. The molecule has 0 bridgehead atoms. The van der Waals surface area contributed by atoms with Crippen LogP contribution >= 0.6 is 0 Å². The molecule has 0 heterocycles. The van der Waals surface area contributed by atoms with Crippen molar-refractivity contribution >= 4 is 30.0 Å². The molecule has 9 nitrogen and oxygen atoms in total. The molecule has 20 heavy (non-hydrogen) atoms. The molecule has 0 saturated carbocycles. The van der Waals surface area contributed by atoms with Gasteiger partial charge in [0.1, 0.15) is 9.84 Å². The third-order valence-electron chi connectivity index (χ3n) is 1.86. The molecule has 0 radical (unpaired) electrons. The molecule has 0 aliphatic heterocycles. The fourth-order valence-corrected chi connectivity index (χ4v) is 3.66. The SMILES string of the molecule is CS(=O)(=O)CCCS(=O)(=O)NCC(O)CS(=O)(=O)[O-].[K+]. The van der Waals surface area contributed by atoms with E-state index in [1.807, 2.05) is 4.72 Å². The smallest absolute Gasteiger partial charge is 0.748 e. The first-order valence-corrected chi connectivity index (χ1v) is 10.4. The Kier molecular flexibility index (Phi) is 11.2. The van der Waals surface area contributed by atoms with Gasteiger partial charge in [-0.05, 0) is 6.42 Å². The minimum Gasteiger partial charge on any atom is -0.748 e. The van der Waals surface area contributed by atoms with Crippen molar-refractivity contribution in [3.05, 3.63) is 0 Å². The van der Waals surface area contributed by atoms with E-state index in [-0.39, 0.29) is 63.6 Å². The Morgan fingerprint density at radius 3 is 2.00 bits per heavy atom. The van der Waals surface area contributed by atoms with Gasteiger partial charge in [-0.3, -0.25) is 0 Å². The van der Waals surface area contributed by atoms with E-state index in [9.17, 15) is 29.8 Å². The van der Waals surface area contributed by atoms with E-state index in [0.717, 1.165) is 6.26 Å². The first-order valence-electron chi connectivity index (χ1n) is 5.07. The predicted octanol–water partition coefficient (Wildman–Crippen LogP) is -5.75. The van der Waals surface area contributed by atoms with Crippen molar-refractivity contribution in [3.8, 4) is 0 Å². The zero-order valence-electron chi connectivity index (χ0n) is 11.1. The van der Waals surface area contributed by atoms with Crippen molar-refractivity contribution in [2.24, 2.45) is 0 Å². The fourth-order valence-electron chi connectivity index (χ4n) is 1.10.